The number of Topliss-reactive ketones (excluding diaryl/α,β-unsaturated/α-hetero) is 3. The number of benzene rings is 4. The molecular weight excluding hydrogens is 957 g/mol. The highest BCUT2D eigenvalue weighted by atomic mass is 32.2. The Morgan fingerprint density at radius 1 is 0.465 bits per heavy atom. The third-order valence-electron chi connectivity index (χ3n) is 17.0. The smallest absolute Gasteiger partial charge is 0.182 e. The van der Waals surface area contributed by atoms with Crippen molar-refractivity contribution in [3.63, 3.8) is 0 Å². The summed E-state index contributed by atoms with van der Waals surface area (Å²) in [6.45, 7) is 24.0. The third kappa shape index (κ3) is 10.4. The van der Waals surface area contributed by atoms with E-state index in [1.165, 1.54) is 0 Å². The van der Waals surface area contributed by atoms with Gasteiger partial charge in [-0.1, -0.05) is 78.9 Å². The van der Waals surface area contributed by atoms with Crippen molar-refractivity contribution in [3.05, 3.63) is 129 Å². The predicted octanol–water partition coefficient (Wildman–Crippen LogP) is 10.3. The SMILES string of the molecule is CC(C)(C(=O)c1ccc(CC2(Cc3ccc(C(=O)C(C)(C)N4CCSCC4)cc3)c3cc(C(=O)C(C)(C)N4CCSCC4)ccc3-c3ccc(C(O)C(C)(C)N4CCSCC4)cc32)cc1)N1CCSCC1. The average molecular weight is 1030 g/mol. The summed E-state index contributed by atoms with van der Waals surface area (Å²) in [6.07, 6.45) is 0.425. The molecule has 4 heterocycles. The van der Waals surface area contributed by atoms with Crippen molar-refractivity contribution in [1.82, 2.24) is 19.6 Å². The van der Waals surface area contributed by atoms with Gasteiger partial charge >= 0.3 is 0 Å². The van der Waals surface area contributed by atoms with E-state index in [0.717, 1.165) is 137 Å². The molecule has 1 atom stereocenters. The lowest BCUT2D eigenvalue weighted by Gasteiger charge is -2.44. The first-order valence-corrected chi connectivity index (χ1v) is 30.6. The summed E-state index contributed by atoms with van der Waals surface area (Å²) in [5.41, 5.74) is 6.45. The Bertz CT molecular complexity index is 2480. The summed E-state index contributed by atoms with van der Waals surface area (Å²) in [6, 6.07) is 29.6. The van der Waals surface area contributed by atoms with Gasteiger partial charge in [0.25, 0.3) is 0 Å². The molecule has 1 unspecified atom stereocenters. The lowest BCUT2D eigenvalue weighted by molar-refractivity contribution is -0.00646. The van der Waals surface area contributed by atoms with E-state index in [0.29, 0.717) is 29.5 Å². The Balaban J connectivity index is 1.17. The van der Waals surface area contributed by atoms with Crippen molar-refractivity contribution in [1.29, 1.82) is 0 Å². The molecule has 0 radical (unpaired) electrons. The average Bonchev–Trinajstić information content (AvgIpc) is 3.66. The Labute approximate surface area is 441 Å². The summed E-state index contributed by atoms with van der Waals surface area (Å²) in [5, 5.41) is 12.5. The highest BCUT2D eigenvalue weighted by Crippen LogP contribution is 2.54. The van der Waals surface area contributed by atoms with Gasteiger partial charge in [0.05, 0.1) is 22.7 Å². The van der Waals surface area contributed by atoms with Crippen LogP contribution in [0.1, 0.15) is 120 Å². The summed E-state index contributed by atoms with van der Waals surface area (Å²) in [5.74, 6) is 8.63. The van der Waals surface area contributed by atoms with Crippen LogP contribution in [-0.2, 0) is 18.3 Å². The minimum absolute atomic E-state index is 0.116. The van der Waals surface area contributed by atoms with Crippen LogP contribution in [0.25, 0.3) is 11.1 Å². The van der Waals surface area contributed by atoms with Gasteiger partial charge in [-0.2, -0.15) is 47.0 Å². The maximum atomic E-state index is 15.0. The number of hydrogen-bond donors (Lipinski definition) is 1. The standard InChI is InChI=1S/C59H76N4O4S4/c1-55(2,60-21-29-68-30-22-60)51(64)43-13-9-41(10-14-43)39-59(40-42-11-15-44(16-12-42)52(65)56(3,4)61-23-31-69-32-24-61)49-37-45(53(66)57(5,6)62-25-33-70-34-26-62)17-19-47(49)48-20-18-46(38-50(48)59)54(67)58(7,8)63-27-35-71-36-28-63/h9-20,37-38,53,66H,21-36,39-40H2,1-8H3. The second-order valence-corrected chi connectivity index (χ2v) is 27.4. The number of hydrogen-bond acceptors (Lipinski definition) is 12. The maximum absolute atomic E-state index is 15.0. The Morgan fingerprint density at radius 2 is 0.789 bits per heavy atom. The lowest BCUT2D eigenvalue weighted by Crippen LogP contribution is -2.53. The Hall–Kier alpha value is -2.91. The van der Waals surface area contributed by atoms with Gasteiger partial charge in [0.1, 0.15) is 0 Å². The lowest BCUT2D eigenvalue weighted by atomic mass is 9.68. The largest absolute Gasteiger partial charge is 0.386 e. The van der Waals surface area contributed by atoms with E-state index in [9.17, 15) is 14.7 Å². The summed E-state index contributed by atoms with van der Waals surface area (Å²) in [4.78, 5) is 53.1. The number of aliphatic hydroxyl groups is 1. The van der Waals surface area contributed by atoms with Gasteiger partial charge in [-0.15, -0.1) is 0 Å². The number of rotatable bonds is 16. The Kier molecular flexibility index (Phi) is 15.9. The molecule has 4 aromatic rings. The van der Waals surface area contributed by atoms with Crippen molar-refractivity contribution in [2.75, 3.05) is 98.4 Å². The molecule has 12 heteroatoms. The molecule has 8 nitrogen and oxygen atoms in total. The number of aliphatic hydroxyl groups excluding tert-OH is 1. The normalized spacial score (nSPS) is 20.3. The van der Waals surface area contributed by atoms with Crippen LogP contribution in [0.5, 0.6) is 0 Å². The topological polar surface area (TPSA) is 84.4 Å². The van der Waals surface area contributed by atoms with Crippen molar-refractivity contribution < 1.29 is 19.5 Å². The second kappa shape index (κ2) is 21.4. The molecule has 0 spiro atoms. The van der Waals surface area contributed by atoms with E-state index in [2.05, 4.69) is 130 Å². The van der Waals surface area contributed by atoms with Gasteiger partial charge in [0, 0.05) is 126 Å². The van der Waals surface area contributed by atoms with Crippen LogP contribution in [0.3, 0.4) is 0 Å². The number of ketones is 3. The van der Waals surface area contributed by atoms with Gasteiger partial charge < -0.3 is 5.11 Å². The van der Waals surface area contributed by atoms with E-state index in [4.69, 9.17) is 0 Å². The molecule has 5 aliphatic rings. The summed E-state index contributed by atoms with van der Waals surface area (Å²) in [7, 11) is 0. The highest BCUT2D eigenvalue weighted by Gasteiger charge is 2.47. The highest BCUT2D eigenvalue weighted by molar-refractivity contribution is 8.00. The molecule has 1 aliphatic carbocycles. The summed E-state index contributed by atoms with van der Waals surface area (Å²) >= 11 is 7.82. The molecular formula is C59H76N4O4S4. The molecule has 4 fully saturated rings. The van der Waals surface area contributed by atoms with Crippen molar-refractivity contribution >= 4 is 64.4 Å². The fourth-order valence-electron chi connectivity index (χ4n) is 12.1. The molecule has 9 rings (SSSR count). The van der Waals surface area contributed by atoms with Crippen LogP contribution in [0.15, 0.2) is 84.9 Å². The van der Waals surface area contributed by atoms with Crippen LogP contribution in [0, 0.1) is 0 Å². The number of carbonyl (C=O) groups excluding carboxylic acids is 3. The van der Waals surface area contributed by atoms with Crippen LogP contribution < -0.4 is 0 Å². The molecule has 1 N–H and O–H groups in total. The Morgan fingerprint density at radius 3 is 1.18 bits per heavy atom. The van der Waals surface area contributed by atoms with Crippen LogP contribution in [0.4, 0.5) is 0 Å². The molecule has 0 bridgehead atoms. The maximum Gasteiger partial charge on any atom is 0.182 e. The zero-order chi connectivity index (χ0) is 50.3. The first-order chi connectivity index (χ1) is 33.9. The molecule has 71 heavy (non-hydrogen) atoms. The van der Waals surface area contributed by atoms with Gasteiger partial charge in [-0.3, -0.25) is 34.0 Å². The van der Waals surface area contributed by atoms with E-state index < -0.39 is 33.7 Å². The molecule has 0 saturated carbocycles. The summed E-state index contributed by atoms with van der Waals surface area (Å²) < 4.78 is 0. The van der Waals surface area contributed by atoms with E-state index in [-0.39, 0.29) is 17.3 Å². The third-order valence-corrected chi connectivity index (χ3v) is 20.7. The van der Waals surface area contributed by atoms with E-state index in [1.54, 1.807) is 0 Å². The molecule has 4 saturated heterocycles. The van der Waals surface area contributed by atoms with Crippen LogP contribution in [0.2, 0.25) is 0 Å². The van der Waals surface area contributed by atoms with Crippen molar-refractivity contribution in [2.45, 2.75) is 102 Å². The molecule has 0 amide bonds. The number of nitrogens with zero attached hydrogens (tertiary/aromatic N) is 4. The number of carbonyl (C=O) groups is 3. The minimum Gasteiger partial charge on any atom is -0.386 e. The van der Waals surface area contributed by atoms with Gasteiger partial charge in [0.2, 0.25) is 0 Å². The quantitative estimate of drug-likeness (QED) is 0.109. The molecule has 4 aliphatic heterocycles. The molecule has 4 aromatic carbocycles. The minimum atomic E-state index is -0.753. The van der Waals surface area contributed by atoms with E-state index >= 15 is 4.79 Å². The number of fused-ring (bicyclic) bond motifs is 3. The molecule has 380 valence electrons. The fraction of sp³-hybridized carbons (Fsp3) is 0.542. The second-order valence-electron chi connectivity index (χ2n) is 22.5. The fourth-order valence-corrected chi connectivity index (χ4v) is 15.7. The van der Waals surface area contributed by atoms with Gasteiger partial charge in [-0.05, 0) is 113 Å². The predicted molar refractivity (Wildman–Crippen MR) is 303 cm³/mol. The van der Waals surface area contributed by atoms with Crippen molar-refractivity contribution in [2.24, 2.45) is 0 Å². The van der Waals surface area contributed by atoms with Gasteiger partial charge in [-0.25, -0.2) is 0 Å². The van der Waals surface area contributed by atoms with E-state index in [1.807, 2.05) is 77.4 Å². The first-order valence-electron chi connectivity index (χ1n) is 26.0. The number of thioether (sulfide) groups is 4. The van der Waals surface area contributed by atoms with Crippen molar-refractivity contribution in [3.8, 4) is 11.1 Å². The van der Waals surface area contributed by atoms with Gasteiger partial charge in [0.15, 0.2) is 17.3 Å². The first kappa shape index (κ1) is 52.9. The monoisotopic (exact) mass is 1030 g/mol. The zero-order valence-electron chi connectivity index (χ0n) is 43.5. The van der Waals surface area contributed by atoms with Crippen LogP contribution >= 0.6 is 47.0 Å². The van der Waals surface area contributed by atoms with Crippen LogP contribution in [-0.4, -0.2) is 163 Å². The molecule has 0 aromatic heterocycles. The zero-order valence-corrected chi connectivity index (χ0v) is 46.7.